The maximum atomic E-state index is 11.9. The minimum Gasteiger partial charge on any atom is -0.337 e. The molecule has 0 aromatic carbocycles. The molecular formula is C11H21N2O+. The topological polar surface area (TPSA) is 24.8 Å². The number of hydrogen-bond acceptors (Lipinski definition) is 1. The van der Waals surface area contributed by atoms with E-state index < -0.39 is 0 Å². The van der Waals surface area contributed by atoms with E-state index >= 15 is 0 Å². The van der Waals surface area contributed by atoms with Crippen molar-refractivity contribution in [3.63, 3.8) is 0 Å². The van der Waals surface area contributed by atoms with Gasteiger partial charge in [-0.05, 0) is 12.8 Å². The standard InChI is InChI=1S/C11H20N2O/c1-9(2)7-13-8-10(13)11(14)12-5-3-4-6-12/h9-10H,3-8H2,1-2H3/p+1/t10-,13?/m0/s1. The molecular weight excluding hydrogens is 176 g/mol. The Kier molecular flexibility index (Phi) is 2.77. The van der Waals surface area contributed by atoms with Crippen LogP contribution in [0.3, 0.4) is 0 Å². The van der Waals surface area contributed by atoms with Gasteiger partial charge in [0, 0.05) is 19.0 Å². The van der Waals surface area contributed by atoms with Crippen molar-refractivity contribution in [2.24, 2.45) is 5.92 Å². The highest BCUT2D eigenvalue weighted by Crippen LogP contribution is 2.10. The van der Waals surface area contributed by atoms with Crippen molar-refractivity contribution in [2.75, 3.05) is 26.2 Å². The Morgan fingerprint density at radius 3 is 2.64 bits per heavy atom. The van der Waals surface area contributed by atoms with Gasteiger partial charge in [-0.3, -0.25) is 4.79 Å². The van der Waals surface area contributed by atoms with Gasteiger partial charge >= 0.3 is 0 Å². The molecule has 0 aliphatic carbocycles. The summed E-state index contributed by atoms with van der Waals surface area (Å²) in [5.74, 6) is 1.12. The fourth-order valence-electron chi connectivity index (χ4n) is 2.37. The van der Waals surface area contributed by atoms with Crippen molar-refractivity contribution < 1.29 is 9.69 Å². The average molecular weight is 197 g/mol. The fraction of sp³-hybridized carbons (Fsp3) is 0.909. The number of hydrogen-bond donors (Lipinski definition) is 1. The van der Waals surface area contributed by atoms with Crippen LogP contribution in [0.4, 0.5) is 0 Å². The molecule has 2 fully saturated rings. The van der Waals surface area contributed by atoms with Crippen LogP contribution in [0, 0.1) is 5.92 Å². The zero-order chi connectivity index (χ0) is 10.1. The third kappa shape index (κ3) is 2.08. The van der Waals surface area contributed by atoms with Crippen molar-refractivity contribution in [3.05, 3.63) is 0 Å². The molecule has 0 radical (unpaired) electrons. The fourth-order valence-corrected chi connectivity index (χ4v) is 2.37. The maximum absolute atomic E-state index is 11.9. The van der Waals surface area contributed by atoms with Crippen LogP contribution in [0.15, 0.2) is 0 Å². The Bertz CT molecular complexity index is 221. The van der Waals surface area contributed by atoms with Crippen LogP contribution in [0.5, 0.6) is 0 Å². The molecule has 0 aromatic rings. The third-order valence-corrected chi connectivity index (χ3v) is 3.19. The summed E-state index contributed by atoms with van der Waals surface area (Å²) in [6, 6.07) is 0.315. The molecule has 1 N–H and O–H groups in total. The Morgan fingerprint density at radius 2 is 2.07 bits per heavy atom. The van der Waals surface area contributed by atoms with Gasteiger partial charge in [0.1, 0.15) is 6.54 Å². The highest BCUT2D eigenvalue weighted by molar-refractivity contribution is 5.82. The number of nitrogens with zero attached hydrogens (tertiary/aromatic N) is 1. The van der Waals surface area contributed by atoms with Gasteiger partial charge in [0.15, 0.2) is 0 Å². The van der Waals surface area contributed by atoms with E-state index in [9.17, 15) is 4.79 Å². The second-order valence-corrected chi connectivity index (χ2v) is 5.05. The summed E-state index contributed by atoms with van der Waals surface area (Å²) in [7, 11) is 0. The molecule has 1 unspecified atom stereocenters. The molecule has 0 bridgehead atoms. The maximum Gasteiger partial charge on any atom is 0.286 e. The molecule has 2 atom stereocenters. The van der Waals surface area contributed by atoms with Crippen molar-refractivity contribution in [3.8, 4) is 0 Å². The summed E-state index contributed by atoms with van der Waals surface area (Å²) in [4.78, 5) is 15.5. The molecule has 2 heterocycles. The Balaban J connectivity index is 1.78. The summed E-state index contributed by atoms with van der Waals surface area (Å²) < 4.78 is 0. The van der Waals surface area contributed by atoms with Crippen molar-refractivity contribution in [1.82, 2.24) is 4.90 Å². The van der Waals surface area contributed by atoms with E-state index in [-0.39, 0.29) is 0 Å². The van der Waals surface area contributed by atoms with Crippen LogP contribution in [0.25, 0.3) is 0 Å². The molecule has 2 saturated heterocycles. The van der Waals surface area contributed by atoms with Crippen molar-refractivity contribution >= 4 is 5.91 Å². The zero-order valence-electron chi connectivity index (χ0n) is 9.25. The van der Waals surface area contributed by atoms with Crippen molar-refractivity contribution in [2.45, 2.75) is 32.7 Å². The summed E-state index contributed by atoms with van der Waals surface area (Å²) >= 11 is 0. The molecule has 1 amide bonds. The predicted molar refractivity (Wildman–Crippen MR) is 55.1 cm³/mol. The number of rotatable bonds is 3. The first-order chi connectivity index (χ1) is 6.68. The molecule has 0 aromatic heterocycles. The van der Waals surface area contributed by atoms with E-state index in [0.29, 0.717) is 17.9 Å². The molecule has 14 heavy (non-hydrogen) atoms. The summed E-state index contributed by atoms with van der Waals surface area (Å²) in [6.45, 7) is 8.69. The van der Waals surface area contributed by atoms with E-state index in [4.69, 9.17) is 0 Å². The SMILES string of the molecule is CC(C)C[NH+]1C[C@H]1C(=O)N1CCCC1. The van der Waals surface area contributed by atoms with Gasteiger partial charge in [-0.15, -0.1) is 0 Å². The molecule has 80 valence electrons. The van der Waals surface area contributed by atoms with Crippen molar-refractivity contribution in [1.29, 1.82) is 0 Å². The molecule has 2 aliphatic heterocycles. The Morgan fingerprint density at radius 1 is 1.43 bits per heavy atom. The van der Waals surface area contributed by atoms with Crippen LogP contribution < -0.4 is 4.90 Å². The molecule has 0 spiro atoms. The van der Waals surface area contributed by atoms with Crippen LogP contribution in [-0.4, -0.2) is 43.0 Å². The number of amides is 1. The predicted octanol–water partition coefficient (Wildman–Crippen LogP) is -0.468. The normalized spacial score (nSPS) is 31.2. The molecule has 3 nitrogen and oxygen atoms in total. The van der Waals surface area contributed by atoms with E-state index in [1.807, 2.05) is 0 Å². The van der Waals surface area contributed by atoms with Crippen LogP contribution in [-0.2, 0) is 4.79 Å². The molecule has 2 rings (SSSR count). The minimum atomic E-state index is 0.315. The van der Waals surface area contributed by atoms with Crippen LogP contribution in [0.2, 0.25) is 0 Å². The van der Waals surface area contributed by atoms with Crippen LogP contribution in [0.1, 0.15) is 26.7 Å². The van der Waals surface area contributed by atoms with E-state index in [0.717, 1.165) is 26.2 Å². The highest BCUT2D eigenvalue weighted by atomic mass is 16.2. The lowest BCUT2D eigenvalue weighted by Crippen LogP contribution is -2.96. The number of nitrogens with one attached hydrogen (secondary N) is 1. The monoisotopic (exact) mass is 197 g/mol. The lowest BCUT2D eigenvalue weighted by Gasteiger charge is -2.13. The lowest BCUT2D eigenvalue weighted by atomic mass is 10.2. The third-order valence-electron chi connectivity index (χ3n) is 3.19. The number of carbonyl (C=O) groups is 1. The second-order valence-electron chi connectivity index (χ2n) is 5.05. The first-order valence-corrected chi connectivity index (χ1v) is 5.82. The summed E-state index contributed by atoms with van der Waals surface area (Å²) in [5.41, 5.74) is 0. The first-order valence-electron chi connectivity index (χ1n) is 5.82. The highest BCUT2D eigenvalue weighted by Gasteiger charge is 2.48. The number of carbonyl (C=O) groups excluding carboxylic acids is 1. The Hall–Kier alpha value is -0.570. The first kappa shape index (κ1) is 9.97. The smallest absolute Gasteiger partial charge is 0.286 e. The minimum absolute atomic E-state index is 0.315. The second kappa shape index (κ2) is 3.89. The Labute approximate surface area is 86.1 Å². The summed E-state index contributed by atoms with van der Waals surface area (Å²) in [5, 5.41) is 0. The van der Waals surface area contributed by atoms with Gasteiger partial charge in [-0.2, -0.15) is 0 Å². The largest absolute Gasteiger partial charge is 0.337 e. The van der Waals surface area contributed by atoms with E-state index in [1.54, 1.807) is 0 Å². The van der Waals surface area contributed by atoms with E-state index in [1.165, 1.54) is 17.7 Å². The zero-order valence-corrected chi connectivity index (χ0v) is 9.25. The average Bonchev–Trinajstić information content (AvgIpc) is 2.67. The van der Waals surface area contributed by atoms with Gasteiger partial charge in [-0.25, -0.2) is 0 Å². The van der Waals surface area contributed by atoms with Gasteiger partial charge in [-0.1, -0.05) is 13.8 Å². The van der Waals surface area contributed by atoms with Gasteiger partial charge in [0.2, 0.25) is 6.04 Å². The summed E-state index contributed by atoms with van der Waals surface area (Å²) in [6.07, 6.45) is 2.41. The molecule has 0 saturated carbocycles. The molecule has 2 aliphatic rings. The lowest BCUT2D eigenvalue weighted by molar-refractivity contribution is -0.773. The van der Waals surface area contributed by atoms with Crippen LogP contribution >= 0.6 is 0 Å². The number of quaternary nitrogens is 1. The van der Waals surface area contributed by atoms with Gasteiger partial charge in [0.25, 0.3) is 5.91 Å². The number of likely N-dealkylation sites (tertiary alicyclic amines) is 1. The van der Waals surface area contributed by atoms with Gasteiger partial charge in [0.05, 0.1) is 6.54 Å². The molecule has 3 heteroatoms. The quantitative estimate of drug-likeness (QED) is 0.608. The van der Waals surface area contributed by atoms with Gasteiger partial charge < -0.3 is 9.80 Å². The van der Waals surface area contributed by atoms with E-state index in [2.05, 4.69) is 18.7 Å².